The van der Waals surface area contributed by atoms with Crippen molar-refractivity contribution in [2.75, 3.05) is 6.54 Å². The number of aryl methyl sites for hydroxylation is 1. The number of hydrogen-bond donors (Lipinski definition) is 0. The van der Waals surface area contributed by atoms with Crippen LogP contribution in [0.4, 0.5) is 0 Å². The Labute approximate surface area is 197 Å². The lowest BCUT2D eigenvalue weighted by Gasteiger charge is -2.22. The smallest absolute Gasteiger partial charge is 0.254 e. The first kappa shape index (κ1) is 22.3. The molecule has 7 heteroatoms. The molecular weight excluding hydrogens is 443 g/mol. The summed E-state index contributed by atoms with van der Waals surface area (Å²) in [4.78, 5) is 20.3. The van der Waals surface area contributed by atoms with Gasteiger partial charge in [-0.25, -0.2) is 4.98 Å². The van der Waals surface area contributed by atoms with Gasteiger partial charge in [0.25, 0.3) is 5.91 Å². The Bertz CT molecular complexity index is 1300. The van der Waals surface area contributed by atoms with E-state index in [0.29, 0.717) is 39.9 Å². The lowest BCUT2D eigenvalue weighted by molar-refractivity contribution is 0.0754. The molecule has 2 aromatic heterocycles. The zero-order valence-electron chi connectivity index (χ0n) is 18.3. The summed E-state index contributed by atoms with van der Waals surface area (Å²) in [5.41, 5.74) is 4.78. The molecule has 0 spiro atoms. The molecule has 2 aromatic carbocycles. The van der Waals surface area contributed by atoms with E-state index in [-0.39, 0.29) is 5.91 Å². The average molecular weight is 467 g/mol. The SMILES string of the molecule is CCN(Cc1cnn(CC)c1C)C(=O)c1cc(-c2ccccc2Cl)nc2ccc(Cl)cc12. The highest BCUT2D eigenvalue weighted by atomic mass is 35.5. The van der Waals surface area contributed by atoms with Gasteiger partial charge in [0.2, 0.25) is 0 Å². The zero-order chi connectivity index (χ0) is 22.8. The summed E-state index contributed by atoms with van der Waals surface area (Å²) in [6.07, 6.45) is 1.84. The number of carbonyl (C=O) groups is 1. The quantitative estimate of drug-likeness (QED) is 0.330. The lowest BCUT2D eigenvalue weighted by Crippen LogP contribution is -2.30. The largest absolute Gasteiger partial charge is 0.334 e. The van der Waals surface area contributed by atoms with Crippen LogP contribution in [0.15, 0.2) is 54.7 Å². The van der Waals surface area contributed by atoms with Crippen LogP contribution in [-0.2, 0) is 13.1 Å². The second-order valence-electron chi connectivity index (χ2n) is 7.59. The summed E-state index contributed by atoms with van der Waals surface area (Å²) < 4.78 is 1.94. The van der Waals surface area contributed by atoms with Gasteiger partial charge >= 0.3 is 0 Å². The third-order valence-electron chi connectivity index (χ3n) is 5.69. The van der Waals surface area contributed by atoms with Crippen molar-refractivity contribution in [3.05, 3.63) is 81.6 Å². The number of fused-ring (bicyclic) bond motifs is 1. The van der Waals surface area contributed by atoms with Gasteiger partial charge in [0.1, 0.15) is 0 Å². The van der Waals surface area contributed by atoms with Crippen molar-refractivity contribution in [2.45, 2.75) is 33.9 Å². The van der Waals surface area contributed by atoms with Crippen molar-refractivity contribution in [2.24, 2.45) is 0 Å². The van der Waals surface area contributed by atoms with Gasteiger partial charge in [0.15, 0.2) is 0 Å². The van der Waals surface area contributed by atoms with E-state index in [0.717, 1.165) is 28.8 Å². The summed E-state index contributed by atoms with van der Waals surface area (Å²) in [5, 5.41) is 6.28. The van der Waals surface area contributed by atoms with Crippen LogP contribution in [-0.4, -0.2) is 32.1 Å². The molecule has 0 radical (unpaired) electrons. The topological polar surface area (TPSA) is 51.0 Å². The van der Waals surface area contributed by atoms with Gasteiger partial charge in [-0.15, -0.1) is 0 Å². The molecule has 5 nitrogen and oxygen atoms in total. The molecule has 0 fully saturated rings. The van der Waals surface area contributed by atoms with Crippen molar-refractivity contribution >= 4 is 40.0 Å². The Kier molecular flexibility index (Phi) is 6.49. The Morgan fingerprint density at radius 2 is 1.88 bits per heavy atom. The number of benzene rings is 2. The number of carbonyl (C=O) groups excluding carboxylic acids is 1. The molecule has 164 valence electrons. The second-order valence-corrected chi connectivity index (χ2v) is 8.43. The summed E-state index contributed by atoms with van der Waals surface area (Å²) in [6.45, 7) is 7.88. The molecule has 1 amide bonds. The van der Waals surface area contributed by atoms with E-state index in [9.17, 15) is 4.79 Å². The third-order valence-corrected chi connectivity index (χ3v) is 6.25. The Balaban J connectivity index is 1.81. The molecular formula is C25H24Cl2N4O. The van der Waals surface area contributed by atoms with E-state index in [4.69, 9.17) is 28.2 Å². The van der Waals surface area contributed by atoms with Gasteiger partial charge in [-0.2, -0.15) is 5.10 Å². The van der Waals surface area contributed by atoms with Gasteiger partial charge in [-0.05, 0) is 51.1 Å². The molecule has 0 saturated carbocycles. The molecule has 0 N–H and O–H groups in total. The maximum Gasteiger partial charge on any atom is 0.254 e. The van der Waals surface area contributed by atoms with Gasteiger partial charge in [-0.1, -0.05) is 41.4 Å². The first-order valence-electron chi connectivity index (χ1n) is 10.6. The molecule has 32 heavy (non-hydrogen) atoms. The van der Waals surface area contributed by atoms with Crippen LogP contribution in [0, 0.1) is 6.92 Å². The molecule has 4 rings (SSSR count). The predicted octanol–water partition coefficient (Wildman–Crippen LogP) is 6.40. The van der Waals surface area contributed by atoms with E-state index in [2.05, 4.69) is 12.0 Å². The van der Waals surface area contributed by atoms with Crippen LogP contribution in [0.3, 0.4) is 0 Å². The summed E-state index contributed by atoms with van der Waals surface area (Å²) >= 11 is 12.7. The van der Waals surface area contributed by atoms with Crippen LogP contribution in [0.2, 0.25) is 10.0 Å². The highest BCUT2D eigenvalue weighted by molar-refractivity contribution is 6.33. The normalized spacial score (nSPS) is 11.2. The Morgan fingerprint density at radius 3 is 2.56 bits per heavy atom. The fourth-order valence-electron chi connectivity index (χ4n) is 3.84. The molecule has 0 aliphatic rings. The van der Waals surface area contributed by atoms with Crippen LogP contribution >= 0.6 is 23.2 Å². The Morgan fingerprint density at radius 1 is 1.09 bits per heavy atom. The van der Waals surface area contributed by atoms with Crippen LogP contribution < -0.4 is 0 Å². The molecule has 0 unspecified atom stereocenters. The number of nitrogens with zero attached hydrogens (tertiary/aromatic N) is 4. The molecule has 4 aromatic rings. The van der Waals surface area contributed by atoms with E-state index in [1.807, 2.05) is 66.0 Å². The first-order chi connectivity index (χ1) is 15.4. The second kappa shape index (κ2) is 9.31. The number of hydrogen-bond acceptors (Lipinski definition) is 3. The maximum absolute atomic E-state index is 13.8. The summed E-state index contributed by atoms with van der Waals surface area (Å²) in [7, 11) is 0. The third kappa shape index (κ3) is 4.23. The molecule has 0 atom stereocenters. The predicted molar refractivity (Wildman–Crippen MR) is 130 cm³/mol. The fourth-order valence-corrected chi connectivity index (χ4v) is 4.25. The highest BCUT2D eigenvalue weighted by Gasteiger charge is 2.21. The number of halogens is 2. The van der Waals surface area contributed by atoms with Crippen LogP contribution in [0.1, 0.15) is 35.5 Å². The van der Waals surface area contributed by atoms with E-state index >= 15 is 0 Å². The lowest BCUT2D eigenvalue weighted by atomic mass is 10.0. The van der Waals surface area contributed by atoms with Gasteiger partial charge in [-0.3, -0.25) is 9.48 Å². The molecule has 0 aliphatic heterocycles. The van der Waals surface area contributed by atoms with Gasteiger partial charge in [0.05, 0.1) is 23.0 Å². The van der Waals surface area contributed by atoms with E-state index in [1.165, 1.54) is 0 Å². The minimum atomic E-state index is -0.0841. The van der Waals surface area contributed by atoms with Crippen molar-refractivity contribution in [3.63, 3.8) is 0 Å². The highest BCUT2D eigenvalue weighted by Crippen LogP contribution is 2.31. The Hall–Kier alpha value is -2.89. The van der Waals surface area contributed by atoms with Crippen molar-refractivity contribution in [3.8, 4) is 11.3 Å². The number of pyridine rings is 1. The summed E-state index contributed by atoms with van der Waals surface area (Å²) in [5.74, 6) is -0.0841. The zero-order valence-corrected chi connectivity index (χ0v) is 19.8. The van der Waals surface area contributed by atoms with Gasteiger partial charge < -0.3 is 4.90 Å². The monoisotopic (exact) mass is 466 g/mol. The van der Waals surface area contributed by atoms with Crippen LogP contribution in [0.25, 0.3) is 22.2 Å². The van der Waals surface area contributed by atoms with Crippen molar-refractivity contribution in [1.82, 2.24) is 19.7 Å². The van der Waals surface area contributed by atoms with Gasteiger partial charge in [0, 0.05) is 51.9 Å². The number of amides is 1. The van der Waals surface area contributed by atoms with Crippen molar-refractivity contribution in [1.29, 1.82) is 0 Å². The molecule has 0 aliphatic carbocycles. The first-order valence-corrected chi connectivity index (χ1v) is 11.3. The summed E-state index contributed by atoms with van der Waals surface area (Å²) in [6, 6.07) is 14.7. The molecule has 2 heterocycles. The van der Waals surface area contributed by atoms with Crippen LogP contribution in [0.5, 0.6) is 0 Å². The van der Waals surface area contributed by atoms with E-state index < -0.39 is 0 Å². The molecule has 0 saturated heterocycles. The van der Waals surface area contributed by atoms with Crippen molar-refractivity contribution < 1.29 is 4.79 Å². The molecule has 0 bridgehead atoms. The maximum atomic E-state index is 13.8. The average Bonchev–Trinajstić information content (AvgIpc) is 3.15. The fraction of sp³-hybridized carbons (Fsp3) is 0.240. The number of rotatable bonds is 6. The number of aromatic nitrogens is 3. The van der Waals surface area contributed by atoms with E-state index in [1.54, 1.807) is 12.1 Å². The standard InChI is InChI=1S/C25H24Cl2N4O/c1-4-30(15-17-14-28-31(5-2)16(17)3)25(32)21-13-24(19-8-6-7-9-22(19)27)29-23-11-10-18(26)12-20(21)23/h6-14H,4-5,15H2,1-3H3. The minimum Gasteiger partial charge on any atom is -0.334 e. The minimum absolute atomic E-state index is 0.0841.